The molecule has 1 aliphatic rings. The van der Waals surface area contributed by atoms with Gasteiger partial charge in [-0.15, -0.1) is 0 Å². The predicted octanol–water partition coefficient (Wildman–Crippen LogP) is 2.28. The van der Waals surface area contributed by atoms with Gasteiger partial charge in [-0.2, -0.15) is 5.10 Å². The van der Waals surface area contributed by atoms with E-state index in [0.29, 0.717) is 31.6 Å². The molecule has 22 heavy (non-hydrogen) atoms. The lowest BCUT2D eigenvalue weighted by atomic mass is 10.0. The van der Waals surface area contributed by atoms with Gasteiger partial charge in [0.1, 0.15) is 11.6 Å². The molecule has 1 aromatic heterocycles. The Bertz CT molecular complexity index is 659. The average molecular weight is 307 g/mol. The Hall–Kier alpha value is -1.79. The van der Waals surface area contributed by atoms with Gasteiger partial charge in [0.15, 0.2) is 0 Å². The zero-order valence-electron chi connectivity index (χ0n) is 12.4. The summed E-state index contributed by atoms with van der Waals surface area (Å²) in [5, 5.41) is 14.1. The molecule has 1 aromatic carbocycles. The molecule has 0 amide bonds. The first kappa shape index (κ1) is 15.1. The first-order chi connectivity index (χ1) is 10.5. The predicted molar refractivity (Wildman–Crippen MR) is 78.3 cm³/mol. The first-order valence-corrected chi connectivity index (χ1v) is 7.39. The molecule has 2 heterocycles. The molecule has 0 aliphatic carbocycles. The summed E-state index contributed by atoms with van der Waals surface area (Å²) in [6, 6.07) is 3.18. The van der Waals surface area contributed by atoms with Crippen molar-refractivity contribution in [3.63, 3.8) is 0 Å². The maximum atomic E-state index is 14.0. The Labute approximate surface area is 128 Å². The fourth-order valence-corrected chi connectivity index (χ4v) is 3.04. The van der Waals surface area contributed by atoms with Crippen molar-refractivity contribution in [1.29, 1.82) is 0 Å². The van der Waals surface area contributed by atoms with Gasteiger partial charge in [0.25, 0.3) is 0 Å². The van der Waals surface area contributed by atoms with E-state index in [2.05, 4.69) is 5.10 Å². The van der Waals surface area contributed by atoms with Crippen molar-refractivity contribution >= 4 is 0 Å². The Kier molecular flexibility index (Phi) is 4.22. The molecule has 118 valence electrons. The number of aliphatic hydroxyl groups excluding tert-OH is 1. The fourth-order valence-electron chi connectivity index (χ4n) is 3.04. The summed E-state index contributed by atoms with van der Waals surface area (Å²) in [6.45, 7) is 3.70. The smallest absolute Gasteiger partial charge is 0.128 e. The van der Waals surface area contributed by atoms with E-state index in [1.54, 1.807) is 6.20 Å². The molecule has 0 spiro atoms. The number of benzene rings is 1. The Morgan fingerprint density at radius 2 is 2.14 bits per heavy atom. The van der Waals surface area contributed by atoms with Crippen LogP contribution < -0.4 is 0 Å². The number of hydrogen-bond donors (Lipinski definition) is 1. The van der Waals surface area contributed by atoms with Crippen LogP contribution in [0.1, 0.15) is 23.6 Å². The third-order valence-corrected chi connectivity index (χ3v) is 4.08. The minimum Gasteiger partial charge on any atom is -0.392 e. The van der Waals surface area contributed by atoms with Gasteiger partial charge in [-0.25, -0.2) is 8.78 Å². The number of aryl methyl sites for hydroxylation is 1. The van der Waals surface area contributed by atoms with Crippen molar-refractivity contribution < 1.29 is 13.9 Å². The van der Waals surface area contributed by atoms with Gasteiger partial charge in [0.2, 0.25) is 0 Å². The molecule has 2 aromatic rings. The molecule has 0 saturated carbocycles. The highest BCUT2D eigenvalue weighted by molar-refractivity contribution is 5.23. The molecule has 3 rings (SSSR count). The van der Waals surface area contributed by atoms with Crippen molar-refractivity contribution in [3.8, 4) is 0 Å². The lowest BCUT2D eigenvalue weighted by Gasteiger charge is -2.24. The summed E-state index contributed by atoms with van der Waals surface area (Å²) < 4.78 is 29.2. The number of rotatable bonds is 4. The van der Waals surface area contributed by atoms with Crippen LogP contribution in [0.5, 0.6) is 0 Å². The molecule has 0 bridgehead atoms. The molecule has 1 N–H and O–H groups in total. The third kappa shape index (κ3) is 3.18. The van der Waals surface area contributed by atoms with E-state index in [0.717, 1.165) is 17.7 Å². The van der Waals surface area contributed by atoms with Crippen molar-refractivity contribution in [2.75, 3.05) is 13.1 Å². The highest BCUT2D eigenvalue weighted by atomic mass is 19.1. The van der Waals surface area contributed by atoms with Gasteiger partial charge in [-0.05, 0) is 37.1 Å². The minimum absolute atomic E-state index is 0.303. The molecular weight excluding hydrogens is 288 g/mol. The lowest BCUT2D eigenvalue weighted by Crippen LogP contribution is -2.29. The summed E-state index contributed by atoms with van der Waals surface area (Å²) in [5.41, 5.74) is 1.39. The molecule has 1 saturated heterocycles. The maximum Gasteiger partial charge on any atom is 0.128 e. The van der Waals surface area contributed by atoms with Crippen molar-refractivity contribution in [1.82, 2.24) is 14.7 Å². The molecule has 4 nitrogen and oxygen atoms in total. The standard InChI is InChI=1S/C16H19F2N3O/c1-11-8-19-21(9-11)5-4-20-10-13(22)7-16(20)14-6-12(17)2-3-15(14)18/h2-3,6,8-9,13,16,22H,4-5,7,10H2,1H3/t13-,16-/m0/s1. The summed E-state index contributed by atoms with van der Waals surface area (Å²) in [4.78, 5) is 1.99. The first-order valence-electron chi connectivity index (χ1n) is 7.39. The van der Waals surface area contributed by atoms with Crippen molar-refractivity contribution in [2.24, 2.45) is 0 Å². The third-order valence-electron chi connectivity index (χ3n) is 4.08. The molecule has 0 unspecified atom stereocenters. The van der Waals surface area contributed by atoms with Crippen LogP contribution >= 0.6 is 0 Å². The van der Waals surface area contributed by atoms with Crippen molar-refractivity contribution in [3.05, 3.63) is 53.4 Å². The van der Waals surface area contributed by atoms with Gasteiger partial charge < -0.3 is 5.11 Å². The topological polar surface area (TPSA) is 41.3 Å². The normalized spacial score (nSPS) is 22.4. The van der Waals surface area contributed by atoms with E-state index in [1.165, 1.54) is 6.07 Å². The number of hydrogen-bond acceptors (Lipinski definition) is 3. The van der Waals surface area contributed by atoms with Crippen LogP contribution in [-0.2, 0) is 6.54 Å². The second-order valence-corrected chi connectivity index (χ2v) is 5.85. The van der Waals surface area contributed by atoms with Crippen molar-refractivity contribution in [2.45, 2.75) is 32.0 Å². The van der Waals surface area contributed by atoms with Gasteiger partial charge in [-0.1, -0.05) is 0 Å². The molecule has 0 radical (unpaired) electrons. The second kappa shape index (κ2) is 6.14. The number of nitrogens with zero attached hydrogens (tertiary/aromatic N) is 3. The minimum atomic E-state index is -0.521. The SMILES string of the molecule is Cc1cnn(CCN2C[C@@H](O)C[C@H]2c2cc(F)ccc2F)c1. The number of likely N-dealkylation sites (tertiary alicyclic amines) is 1. The maximum absolute atomic E-state index is 14.0. The second-order valence-electron chi connectivity index (χ2n) is 5.85. The van der Waals surface area contributed by atoms with Crippen LogP contribution in [-0.4, -0.2) is 39.0 Å². The van der Waals surface area contributed by atoms with Crippen LogP contribution in [0.15, 0.2) is 30.6 Å². The molecule has 2 atom stereocenters. The van der Waals surface area contributed by atoms with Crippen LogP contribution in [0.25, 0.3) is 0 Å². The largest absolute Gasteiger partial charge is 0.392 e. The lowest BCUT2D eigenvalue weighted by molar-refractivity contribution is 0.172. The quantitative estimate of drug-likeness (QED) is 0.942. The zero-order chi connectivity index (χ0) is 15.7. The van der Waals surface area contributed by atoms with E-state index < -0.39 is 17.7 Å². The van der Waals surface area contributed by atoms with Crippen LogP contribution in [0.4, 0.5) is 8.78 Å². The Morgan fingerprint density at radius 1 is 1.32 bits per heavy atom. The summed E-state index contributed by atoms with van der Waals surface area (Å²) in [7, 11) is 0. The zero-order valence-corrected chi connectivity index (χ0v) is 12.4. The highest BCUT2D eigenvalue weighted by Crippen LogP contribution is 2.33. The van der Waals surface area contributed by atoms with Crippen LogP contribution in [0.2, 0.25) is 0 Å². The number of halogens is 2. The summed E-state index contributed by atoms with van der Waals surface area (Å²) >= 11 is 0. The average Bonchev–Trinajstić information content (AvgIpc) is 3.05. The molecule has 1 fully saturated rings. The molecule has 1 aliphatic heterocycles. The molecule has 6 heteroatoms. The van der Waals surface area contributed by atoms with Gasteiger partial charge in [0.05, 0.1) is 18.8 Å². The number of aromatic nitrogens is 2. The van der Waals surface area contributed by atoms with Gasteiger partial charge in [-0.3, -0.25) is 9.58 Å². The summed E-state index contributed by atoms with van der Waals surface area (Å²) in [5.74, 6) is -0.888. The van der Waals surface area contributed by atoms with Crippen LogP contribution in [0.3, 0.4) is 0 Å². The number of β-amino-alcohol motifs (C(OH)–C–C–N with tert-alkyl or cyclic N) is 1. The van der Waals surface area contributed by atoms with E-state index in [9.17, 15) is 13.9 Å². The highest BCUT2D eigenvalue weighted by Gasteiger charge is 2.33. The Balaban J connectivity index is 1.75. The van der Waals surface area contributed by atoms with E-state index in [1.807, 2.05) is 22.7 Å². The monoisotopic (exact) mass is 307 g/mol. The van der Waals surface area contributed by atoms with Gasteiger partial charge in [0, 0.05) is 30.9 Å². The van der Waals surface area contributed by atoms with Crippen LogP contribution in [0, 0.1) is 18.6 Å². The summed E-state index contributed by atoms with van der Waals surface area (Å²) in [6.07, 6.45) is 3.61. The fraction of sp³-hybridized carbons (Fsp3) is 0.438. The van der Waals surface area contributed by atoms with Gasteiger partial charge >= 0.3 is 0 Å². The van der Waals surface area contributed by atoms with E-state index in [-0.39, 0.29) is 6.04 Å². The Morgan fingerprint density at radius 3 is 2.86 bits per heavy atom. The van der Waals surface area contributed by atoms with E-state index >= 15 is 0 Å². The molecular formula is C16H19F2N3O. The number of aliphatic hydroxyl groups is 1. The van der Waals surface area contributed by atoms with E-state index in [4.69, 9.17) is 0 Å².